The lowest BCUT2D eigenvalue weighted by molar-refractivity contribution is 0.517. The summed E-state index contributed by atoms with van der Waals surface area (Å²) in [6.07, 6.45) is 6.60. The predicted molar refractivity (Wildman–Crippen MR) is 69.0 cm³/mol. The van der Waals surface area contributed by atoms with Crippen LogP contribution in [0.4, 0.5) is 5.69 Å². The van der Waals surface area contributed by atoms with Gasteiger partial charge in [0.1, 0.15) is 0 Å². The Labute approximate surface area is 99.9 Å². The van der Waals surface area contributed by atoms with Crippen molar-refractivity contribution in [3.8, 4) is 0 Å². The average molecular weight is 269 g/mol. The van der Waals surface area contributed by atoms with E-state index in [1.54, 1.807) is 6.20 Å². The summed E-state index contributed by atoms with van der Waals surface area (Å²) in [6, 6.07) is 2.45. The lowest BCUT2D eigenvalue weighted by Gasteiger charge is -2.21. The van der Waals surface area contributed by atoms with Crippen molar-refractivity contribution in [2.75, 3.05) is 5.32 Å². The Morgan fingerprint density at radius 3 is 2.87 bits per heavy atom. The molecule has 82 valence electrons. The minimum Gasteiger partial charge on any atom is -0.381 e. The molecule has 0 saturated carbocycles. The van der Waals surface area contributed by atoms with E-state index >= 15 is 0 Å². The van der Waals surface area contributed by atoms with E-state index in [1.807, 2.05) is 18.3 Å². The van der Waals surface area contributed by atoms with Gasteiger partial charge in [-0.25, -0.2) is 0 Å². The van der Waals surface area contributed by atoms with E-state index in [4.69, 9.17) is 0 Å². The van der Waals surface area contributed by atoms with E-state index in [0.29, 0.717) is 12.0 Å². The highest BCUT2D eigenvalue weighted by molar-refractivity contribution is 9.10. The molecule has 0 spiro atoms. The second-order valence-electron chi connectivity index (χ2n) is 3.83. The lowest BCUT2D eigenvalue weighted by Crippen LogP contribution is -2.23. The van der Waals surface area contributed by atoms with E-state index in [9.17, 15) is 0 Å². The van der Waals surface area contributed by atoms with E-state index in [0.717, 1.165) is 16.6 Å². The van der Waals surface area contributed by atoms with Crippen molar-refractivity contribution >= 4 is 21.6 Å². The van der Waals surface area contributed by atoms with Crippen LogP contribution in [0.15, 0.2) is 35.6 Å². The van der Waals surface area contributed by atoms with Gasteiger partial charge in [-0.1, -0.05) is 13.0 Å². The number of pyridine rings is 1. The molecule has 1 N–H and O–H groups in total. The van der Waals surface area contributed by atoms with Gasteiger partial charge in [0.05, 0.1) is 11.9 Å². The number of halogens is 1. The highest BCUT2D eigenvalue weighted by atomic mass is 79.9. The zero-order chi connectivity index (χ0) is 11.3. The van der Waals surface area contributed by atoms with Gasteiger partial charge in [0.15, 0.2) is 0 Å². The van der Waals surface area contributed by atoms with Gasteiger partial charge < -0.3 is 5.32 Å². The summed E-state index contributed by atoms with van der Waals surface area (Å²) >= 11 is 3.40. The number of hydrogen-bond acceptors (Lipinski definition) is 2. The van der Waals surface area contributed by atoms with Crippen molar-refractivity contribution in [3.05, 3.63) is 35.6 Å². The second-order valence-corrected chi connectivity index (χ2v) is 4.74. The highest BCUT2D eigenvalue weighted by Gasteiger charge is 2.10. The van der Waals surface area contributed by atoms with Crippen LogP contribution >= 0.6 is 15.9 Å². The molecule has 15 heavy (non-hydrogen) atoms. The van der Waals surface area contributed by atoms with Gasteiger partial charge in [0.2, 0.25) is 0 Å². The monoisotopic (exact) mass is 268 g/mol. The molecule has 0 aliphatic rings. The van der Waals surface area contributed by atoms with Crippen molar-refractivity contribution in [3.63, 3.8) is 0 Å². The largest absolute Gasteiger partial charge is 0.381 e. The van der Waals surface area contributed by atoms with Crippen molar-refractivity contribution in [1.29, 1.82) is 0 Å². The fourth-order valence-electron chi connectivity index (χ4n) is 1.36. The van der Waals surface area contributed by atoms with Gasteiger partial charge in [-0.15, -0.1) is 6.58 Å². The number of nitrogens with zero attached hydrogens (tertiary/aromatic N) is 1. The molecule has 1 rings (SSSR count). The van der Waals surface area contributed by atoms with Crippen LogP contribution in [0.1, 0.15) is 20.3 Å². The van der Waals surface area contributed by atoms with Crippen LogP contribution in [0.25, 0.3) is 0 Å². The molecule has 0 aromatic carbocycles. The maximum atomic E-state index is 4.11. The summed E-state index contributed by atoms with van der Waals surface area (Å²) in [5, 5.41) is 3.43. The first-order chi connectivity index (χ1) is 7.13. The van der Waals surface area contributed by atoms with Crippen LogP contribution in [-0.2, 0) is 0 Å². The van der Waals surface area contributed by atoms with E-state index in [2.05, 4.69) is 46.7 Å². The van der Waals surface area contributed by atoms with Crippen LogP contribution in [-0.4, -0.2) is 11.0 Å². The zero-order valence-corrected chi connectivity index (χ0v) is 10.8. The van der Waals surface area contributed by atoms with Crippen LogP contribution in [0, 0.1) is 5.92 Å². The molecule has 0 radical (unpaired) electrons. The fourth-order valence-corrected chi connectivity index (χ4v) is 1.73. The lowest BCUT2D eigenvalue weighted by atomic mass is 10.00. The second kappa shape index (κ2) is 5.91. The molecule has 1 heterocycles. The standard InChI is InChI=1S/C12H17BrN2/c1-4-5-9(2)10(3)15-12-6-11(13)7-14-8-12/h4,6-10,15H,1,5H2,2-3H3. The van der Waals surface area contributed by atoms with Gasteiger partial charge in [-0.05, 0) is 41.3 Å². The summed E-state index contributed by atoms with van der Waals surface area (Å²) < 4.78 is 0.996. The quantitative estimate of drug-likeness (QED) is 0.821. The van der Waals surface area contributed by atoms with Gasteiger partial charge in [0, 0.05) is 16.7 Å². The number of allylic oxidation sites excluding steroid dienone is 1. The number of anilines is 1. The minimum absolute atomic E-state index is 0.416. The van der Waals surface area contributed by atoms with Gasteiger partial charge >= 0.3 is 0 Å². The topological polar surface area (TPSA) is 24.9 Å². The Morgan fingerprint density at radius 2 is 2.27 bits per heavy atom. The maximum absolute atomic E-state index is 4.11. The third-order valence-electron chi connectivity index (χ3n) is 2.49. The SMILES string of the molecule is C=CCC(C)C(C)Nc1cncc(Br)c1. The summed E-state index contributed by atoms with van der Waals surface area (Å²) in [5.74, 6) is 0.571. The van der Waals surface area contributed by atoms with Crippen LogP contribution < -0.4 is 5.32 Å². The molecule has 0 fully saturated rings. The molecule has 0 bridgehead atoms. The summed E-state index contributed by atoms with van der Waals surface area (Å²) in [5.41, 5.74) is 1.05. The Morgan fingerprint density at radius 1 is 1.53 bits per heavy atom. The first-order valence-electron chi connectivity index (χ1n) is 5.11. The number of hydrogen-bond donors (Lipinski definition) is 1. The number of aromatic nitrogens is 1. The highest BCUT2D eigenvalue weighted by Crippen LogP contribution is 2.17. The molecule has 0 amide bonds. The van der Waals surface area contributed by atoms with Gasteiger partial charge in [-0.2, -0.15) is 0 Å². The Kier molecular flexibility index (Phi) is 4.82. The zero-order valence-electron chi connectivity index (χ0n) is 9.20. The average Bonchev–Trinajstić information content (AvgIpc) is 2.18. The van der Waals surface area contributed by atoms with Crippen LogP contribution in [0.5, 0.6) is 0 Å². The van der Waals surface area contributed by atoms with E-state index in [1.165, 1.54) is 0 Å². The van der Waals surface area contributed by atoms with Crippen LogP contribution in [0.2, 0.25) is 0 Å². The maximum Gasteiger partial charge on any atom is 0.0540 e. The molecule has 2 nitrogen and oxygen atoms in total. The Hall–Kier alpha value is -0.830. The third kappa shape index (κ3) is 4.04. The normalized spacial score (nSPS) is 14.3. The Balaban J connectivity index is 2.57. The molecule has 0 saturated heterocycles. The van der Waals surface area contributed by atoms with E-state index in [-0.39, 0.29) is 0 Å². The molecule has 2 unspecified atom stereocenters. The molecule has 1 aromatic heterocycles. The van der Waals surface area contributed by atoms with Gasteiger partial charge in [-0.3, -0.25) is 4.98 Å². The molecule has 0 aliphatic heterocycles. The van der Waals surface area contributed by atoms with Crippen molar-refractivity contribution in [2.45, 2.75) is 26.3 Å². The fraction of sp³-hybridized carbons (Fsp3) is 0.417. The number of nitrogens with one attached hydrogen (secondary N) is 1. The molecule has 2 atom stereocenters. The molecule has 1 aromatic rings. The van der Waals surface area contributed by atoms with E-state index < -0.39 is 0 Å². The first kappa shape index (κ1) is 12.2. The summed E-state index contributed by atoms with van der Waals surface area (Å²) in [4.78, 5) is 4.11. The summed E-state index contributed by atoms with van der Waals surface area (Å²) in [6.45, 7) is 8.15. The van der Waals surface area contributed by atoms with Crippen LogP contribution in [0.3, 0.4) is 0 Å². The molecular weight excluding hydrogens is 252 g/mol. The number of rotatable bonds is 5. The van der Waals surface area contributed by atoms with Crippen molar-refractivity contribution < 1.29 is 0 Å². The van der Waals surface area contributed by atoms with Crippen molar-refractivity contribution in [2.24, 2.45) is 5.92 Å². The first-order valence-corrected chi connectivity index (χ1v) is 5.90. The molecular formula is C12H17BrN2. The summed E-state index contributed by atoms with van der Waals surface area (Å²) in [7, 11) is 0. The minimum atomic E-state index is 0.416. The van der Waals surface area contributed by atoms with Gasteiger partial charge in [0.25, 0.3) is 0 Å². The smallest absolute Gasteiger partial charge is 0.0540 e. The Bertz CT molecular complexity index is 325. The van der Waals surface area contributed by atoms with Crippen molar-refractivity contribution in [1.82, 2.24) is 4.98 Å². The third-order valence-corrected chi connectivity index (χ3v) is 2.92. The molecule has 0 aliphatic carbocycles. The predicted octanol–water partition coefficient (Wildman–Crippen LogP) is 3.86. The molecule has 3 heteroatoms.